The molecule has 0 fully saturated rings. The maximum Gasteiger partial charge on any atom is 0.289 e. The molecule has 0 bridgehead atoms. The Labute approximate surface area is 269 Å². The van der Waals surface area contributed by atoms with Gasteiger partial charge in [0.2, 0.25) is 0 Å². The van der Waals surface area contributed by atoms with E-state index in [1.54, 1.807) is 62.6 Å². The van der Waals surface area contributed by atoms with Gasteiger partial charge in [-0.3, -0.25) is 24.3 Å². The highest BCUT2D eigenvalue weighted by atomic mass is 35.5. The normalized spacial score (nSPS) is 14.6. The highest BCUT2D eigenvalue weighted by Crippen LogP contribution is 2.37. The molecular weight excluding hydrogens is 639 g/mol. The van der Waals surface area contributed by atoms with Crippen molar-refractivity contribution in [1.82, 2.24) is 4.57 Å². The topological polar surface area (TPSA) is 129 Å². The van der Waals surface area contributed by atoms with Gasteiger partial charge in [-0.25, -0.2) is 4.99 Å². The highest BCUT2D eigenvalue weighted by molar-refractivity contribution is 7.07. The van der Waals surface area contributed by atoms with Gasteiger partial charge < -0.3 is 14.5 Å². The zero-order valence-electron chi connectivity index (χ0n) is 23.6. The highest BCUT2D eigenvalue weighted by Gasteiger charge is 2.33. The van der Waals surface area contributed by atoms with E-state index in [-0.39, 0.29) is 27.2 Å². The van der Waals surface area contributed by atoms with Gasteiger partial charge in [0.25, 0.3) is 17.2 Å². The fourth-order valence-electron chi connectivity index (χ4n) is 5.03. The SMILES string of the molecule is COc1cccc([C@H]2C(C(=O)Nc3ccccc3)=C(C)N=c3s/c(=C/c4ccc(-c5cc(Cl)c([N+](=O)[O-])cc5Cl)o4)c(=O)n32)c1. The van der Waals surface area contributed by atoms with Crippen molar-refractivity contribution in [3.8, 4) is 17.1 Å². The summed E-state index contributed by atoms with van der Waals surface area (Å²) in [6.07, 6.45) is 1.57. The summed E-state index contributed by atoms with van der Waals surface area (Å²) in [5, 5.41) is 14.1. The third kappa shape index (κ3) is 5.80. The predicted molar refractivity (Wildman–Crippen MR) is 173 cm³/mol. The number of hydrogen-bond acceptors (Lipinski definition) is 8. The Kier molecular flexibility index (Phi) is 8.15. The van der Waals surface area contributed by atoms with Crippen LogP contribution < -0.4 is 24.9 Å². The molecule has 6 rings (SSSR count). The lowest BCUT2D eigenvalue weighted by Gasteiger charge is -2.25. The number of methoxy groups -OCH3 is 1. The summed E-state index contributed by atoms with van der Waals surface area (Å²) < 4.78 is 13.2. The van der Waals surface area contributed by atoms with Gasteiger partial charge in [0.05, 0.1) is 38.9 Å². The van der Waals surface area contributed by atoms with Crippen LogP contribution in [-0.2, 0) is 4.79 Å². The van der Waals surface area contributed by atoms with Gasteiger partial charge in [-0.2, -0.15) is 0 Å². The molecule has 5 aromatic rings. The van der Waals surface area contributed by atoms with E-state index in [2.05, 4.69) is 10.3 Å². The number of thiazole rings is 1. The smallest absolute Gasteiger partial charge is 0.289 e. The maximum atomic E-state index is 14.0. The molecule has 0 spiro atoms. The molecule has 0 radical (unpaired) electrons. The van der Waals surface area contributed by atoms with Crippen molar-refractivity contribution < 1.29 is 18.9 Å². The monoisotopic (exact) mass is 660 g/mol. The van der Waals surface area contributed by atoms with Crippen molar-refractivity contribution in [1.29, 1.82) is 0 Å². The number of carbonyl (C=O) groups is 1. The molecule has 10 nitrogen and oxygen atoms in total. The molecule has 1 amide bonds. The zero-order chi connectivity index (χ0) is 31.8. The maximum absolute atomic E-state index is 14.0. The first kappa shape index (κ1) is 30.1. The molecule has 0 aliphatic carbocycles. The largest absolute Gasteiger partial charge is 0.497 e. The van der Waals surface area contributed by atoms with Crippen LogP contribution in [0.5, 0.6) is 5.75 Å². The van der Waals surface area contributed by atoms with Crippen LogP contribution in [0, 0.1) is 10.1 Å². The van der Waals surface area contributed by atoms with Crippen molar-refractivity contribution in [2.45, 2.75) is 13.0 Å². The first-order valence-electron chi connectivity index (χ1n) is 13.4. The standard InChI is InChI=1S/C32H22Cl2N4O6S/c1-17-28(30(39)36-19-8-4-3-5-9-19)29(18-7-6-10-20(13-18)43-2)37-31(40)27(45-32(37)35-17)14-21-11-12-26(44-21)22-15-24(34)25(38(41)42)16-23(22)33/h3-16,29H,1-2H3,(H,36,39)/b27-14+/t29-/m0/s1. The number of aromatic nitrogens is 1. The fraction of sp³-hybridized carbons (Fsp3) is 0.0938. The van der Waals surface area contributed by atoms with Gasteiger partial charge in [0.1, 0.15) is 22.3 Å². The first-order valence-corrected chi connectivity index (χ1v) is 15.0. The molecule has 1 aliphatic heterocycles. The number of nitrogens with zero attached hydrogens (tertiary/aromatic N) is 3. The number of nitrogens with one attached hydrogen (secondary N) is 1. The van der Waals surface area contributed by atoms with E-state index in [1.165, 1.54) is 10.6 Å². The summed E-state index contributed by atoms with van der Waals surface area (Å²) in [4.78, 5) is 43.4. The second-order valence-corrected chi connectivity index (χ2v) is 11.7. The van der Waals surface area contributed by atoms with E-state index in [0.717, 1.165) is 17.4 Å². The first-order chi connectivity index (χ1) is 21.6. The van der Waals surface area contributed by atoms with Crippen LogP contribution in [0.15, 0.2) is 104 Å². The van der Waals surface area contributed by atoms with Gasteiger partial charge in [0, 0.05) is 23.4 Å². The minimum absolute atomic E-state index is 0.0847. The van der Waals surface area contributed by atoms with E-state index < -0.39 is 11.0 Å². The van der Waals surface area contributed by atoms with Crippen LogP contribution >= 0.6 is 34.5 Å². The summed E-state index contributed by atoms with van der Waals surface area (Å²) in [6, 6.07) is 21.2. The van der Waals surface area contributed by atoms with Gasteiger partial charge in [-0.1, -0.05) is 64.9 Å². The number of allylic oxidation sites excluding steroid dienone is 1. The molecule has 13 heteroatoms. The van der Waals surface area contributed by atoms with Crippen molar-refractivity contribution >= 4 is 57.9 Å². The average Bonchev–Trinajstić information content (AvgIpc) is 3.61. The van der Waals surface area contributed by atoms with E-state index in [4.69, 9.17) is 32.4 Å². The average molecular weight is 662 g/mol. The van der Waals surface area contributed by atoms with Gasteiger partial charge >= 0.3 is 0 Å². The number of nitro groups is 1. The molecule has 1 N–H and O–H groups in total. The molecule has 3 aromatic carbocycles. The number of nitro benzene ring substituents is 1. The number of furan rings is 1. The summed E-state index contributed by atoms with van der Waals surface area (Å²) in [5.41, 5.74) is 1.71. The van der Waals surface area contributed by atoms with Gasteiger partial charge in [-0.15, -0.1) is 0 Å². The summed E-state index contributed by atoms with van der Waals surface area (Å²) in [7, 11) is 1.55. The Balaban J connectivity index is 1.44. The molecule has 0 unspecified atom stereocenters. The van der Waals surface area contributed by atoms with Gasteiger partial charge in [0.15, 0.2) is 4.80 Å². The van der Waals surface area contributed by atoms with Crippen LogP contribution in [0.1, 0.15) is 24.3 Å². The number of hydrogen-bond donors (Lipinski definition) is 1. The molecule has 0 saturated heterocycles. The second-order valence-electron chi connectivity index (χ2n) is 9.92. The lowest BCUT2D eigenvalue weighted by atomic mass is 9.95. The minimum atomic E-state index is -0.796. The van der Waals surface area contributed by atoms with E-state index in [9.17, 15) is 19.7 Å². The molecular formula is C32H22Cl2N4O6S. The fourth-order valence-corrected chi connectivity index (χ4v) is 6.54. The van der Waals surface area contributed by atoms with Crippen molar-refractivity contribution in [3.05, 3.63) is 141 Å². The van der Waals surface area contributed by atoms with Gasteiger partial charge in [-0.05, 0) is 55.0 Å². The molecule has 0 saturated carbocycles. The predicted octanol–water partition coefficient (Wildman–Crippen LogP) is 6.36. The Bertz CT molecular complexity index is 2200. The number of benzene rings is 3. The molecule has 45 heavy (non-hydrogen) atoms. The Hall–Kier alpha value is -4.97. The van der Waals surface area contributed by atoms with Crippen LogP contribution in [-0.4, -0.2) is 22.5 Å². The van der Waals surface area contributed by atoms with Crippen LogP contribution in [0.4, 0.5) is 11.4 Å². The number of halogens is 2. The molecule has 1 aliphatic rings. The minimum Gasteiger partial charge on any atom is -0.497 e. The number of ether oxygens (including phenoxy) is 1. The molecule has 2 aromatic heterocycles. The molecule has 226 valence electrons. The Morgan fingerprint density at radius 1 is 1.09 bits per heavy atom. The number of fused-ring (bicyclic) bond motifs is 1. The number of rotatable bonds is 7. The third-order valence-corrected chi connectivity index (χ3v) is 8.70. The number of anilines is 1. The molecule has 3 heterocycles. The lowest BCUT2D eigenvalue weighted by molar-refractivity contribution is -0.384. The second kappa shape index (κ2) is 12.2. The quantitative estimate of drug-likeness (QED) is 0.160. The number of amides is 1. The number of para-hydroxylation sites is 1. The Morgan fingerprint density at radius 2 is 1.87 bits per heavy atom. The van der Waals surface area contributed by atoms with Crippen molar-refractivity contribution in [3.63, 3.8) is 0 Å². The summed E-state index contributed by atoms with van der Waals surface area (Å²) in [6.45, 7) is 1.74. The summed E-state index contributed by atoms with van der Waals surface area (Å²) in [5.74, 6) is 0.816. The van der Waals surface area contributed by atoms with E-state index in [0.29, 0.717) is 54.7 Å². The Morgan fingerprint density at radius 3 is 2.60 bits per heavy atom. The van der Waals surface area contributed by atoms with E-state index in [1.807, 2.05) is 24.3 Å². The summed E-state index contributed by atoms with van der Waals surface area (Å²) >= 11 is 13.5. The van der Waals surface area contributed by atoms with Crippen LogP contribution in [0.3, 0.4) is 0 Å². The molecule has 1 atom stereocenters. The van der Waals surface area contributed by atoms with Crippen LogP contribution in [0.2, 0.25) is 10.0 Å². The third-order valence-electron chi connectivity index (χ3n) is 7.11. The number of carbonyl (C=O) groups excluding carboxylic acids is 1. The van der Waals surface area contributed by atoms with Crippen molar-refractivity contribution in [2.24, 2.45) is 4.99 Å². The lowest BCUT2D eigenvalue weighted by Crippen LogP contribution is -2.40. The van der Waals surface area contributed by atoms with Crippen molar-refractivity contribution in [2.75, 3.05) is 12.4 Å². The zero-order valence-corrected chi connectivity index (χ0v) is 25.9. The van der Waals surface area contributed by atoms with Crippen LogP contribution in [0.25, 0.3) is 17.4 Å². The van der Waals surface area contributed by atoms with E-state index >= 15 is 0 Å².